The third kappa shape index (κ3) is 4.05. The number of halogens is 1. The number of methoxy groups -OCH3 is 1. The van der Waals surface area contributed by atoms with Crippen molar-refractivity contribution in [1.82, 2.24) is 4.98 Å². The zero-order valence-corrected chi connectivity index (χ0v) is 16.3. The van der Waals surface area contributed by atoms with Gasteiger partial charge in [0.15, 0.2) is 5.76 Å². The minimum Gasteiger partial charge on any atom is -0.478 e. The third-order valence-corrected chi connectivity index (χ3v) is 4.73. The normalized spacial score (nSPS) is 11.2. The summed E-state index contributed by atoms with van der Waals surface area (Å²) in [6.45, 7) is 0.506. The quantitative estimate of drug-likeness (QED) is 0.307. The topological polar surface area (TPSA) is 84.7 Å². The fourth-order valence-corrected chi connectivity index (χ4v) is 3.41. The number of benzene rings is 2. The van der Waals surface area contributed by atoms with Crippen LogP contribution < -0.4 is 0 Å². The number of aromatic nitrogens is 1. The van der Waals surface area contributed by atoms with Crippen LogP contribution in [-0.4, -0.2) is 30.0 Å². The van der Waals surface area contributed by atoms with E-state index in [9.17, 15) is 4.79 Å². The summed E-state index contributed by atoms with van der Waals surface area (Å²) in [6, 6.07) is 16.1. The molecule has 0 saturated heterocycles. The van der Waals surface area contributed by atoms with Gasteiger partial charge in [-0.2, -0.15) is 0 Å². The van der Waals surface area contributed by atoms with Crippen LogP contribution >= 0.6 is 11.6 Å². The molecule has 2 aromatic heterocycles. The average Bonchev–Trinajstić information content (AvgIpc) is 3.35. The molecule has 0 spiro atoms. The smallest absolute Gasteiger partial charge is 0.335 e. The van der Waals surface area contributed by atoms with Gasteiger partial charge in [0.05, 0.1) is 17.9 Å². The minimum absolute atomic E-state index is 0.183. The summed E-state index contributed by atoms with van der Waals surface area (Å²) in [4.78, 5) is 14.3. The van der Waals surface area contributed by atoms with E-state index in [4.69, 9.17) is 30.6 Å². The molecule has 0 radical (unpaired) electrons. The first-order valence-corrected chi connectivity index (χ1v) is 9.24. The van der Waals surface area contributed by atoms with Crippen molar-refractivity contribution in [3.8, 4) is 22.7 Å². The number of H-pyrrole nitrogens is 1. The highest BCUT2D eigenvalue weighted by Gasteiger charge is 2.14. The van der Waals surface area contributed by atoms with Gasteiger partial charge >= 0.3 is 5.97 Å². The predicted octanol–water partition coefficient (Wildman–Crippen LogP) is 5.57. The Morgan fingerprint density at radius 3 is 2.59 bits per heavy atom. The van der Waals surface area contributed by atoms with Gasteiger partial charge in [-0.05, 0) is 48.0 Å². The zero-order valence-electron chi connectivity index (χ0n) is 15.6. The Balaban J connectivity index is 1.65. The lowest BCUT2D eigenvalue weighted by molar-refractivity contribution is -0.0388. The Morgan fingerprint density at radius 2 is 1.86 bits per heavy atom. The number of carbonyl (C=O) groups is 1. The first-order chi connectivity index (χ1) is 14.0. The summed E-state index contributed by atoms with van der Waals surface area (Å²) in [6.07, 6.45) is 0. The Hall–Kier alpha value is -3.06. The molecule has 2 aromatic carbocycles. The van der Waals surface area contributed by atoms with E-state index in [-0.39, 0.29) is 12.4 Å². The largest absolute Gasteiger partial charge is 0.478 e. The van der Waals surface area contributed by atoms with Crippen molar-refractivity contribution in [2.45, 2.75) is 6.61 Å². The number of carboxylic acid groups (broad SMARTS) is 1. The van der Waals surface area contributed by atoms with Gasteiger partial charge in [-0.1, -0.05) is 23.7 Å². The zero-order chi connectivity index (χ0) is 20.4. The number of carboxylic acids is 1. The van der Waals surface area contributed by atoms with E-state index < -0.39 is 5.97 Å². The number of aromatic carboxylic acids is 1. The lowest BCUT2D eigenvalue weighted by atomic mass is 10.1. The van der Waals surface area contributed by atoms with Crippen molar-refractivity contribution >= 4 is 28.5 Å². The van der Waals surface area contributed by atoms with Gasteiger partial charge < -0.3 is 24.0 Å². The summed E-state index contributed by atoms with van der Waals surface area (Å²) in [5, 5.41) is 10.5. The molecule has 0 unspecified atom stereocenters. The van der Waals surface area contributed by atoms with Crippen molar-refractivity contribution in [3.63, 3.8) is 0 Å². The number of hydrogen-bond acceptors (Lipinski definition) is 4. The summed E-state index contributed by atoms with van der Waals surface area (Å²) >= 11 is 6.23. The van der Waals surface area contributed by atoms with Crippen LogP contribution in [0.3, 0.4) is 0 Å². The molecule has 148 valence electrons. The van der Waals surface area contributed by atoms with Gasteiger partial charge in [0.1, 0.15) is 12.4 Å². The molecule has 0 fully saturated rings. The van der Waals surface area contributed by atoms with Gasteiger partial charge in [-0.3, -0.25) is 0 Å². The number of hydrogen-bond donors (Lipinski definition) is 2. The number of ether oxygens (including phenoxy) is 2. The Bertz CT molecular complexity index is 1160. The van der Waals surface area contributed by atoms with Crippen LogP contribution in [0.15, 0.2) is 59.0 Å². The highest BCUT2D eigenvalue weighted by Crippen LogP contribution is 2.33. The van der Waals surface area contributed by atoms with Crippen LogP contribution in [0.25, 0.3) is 33.7 Å². The molecule has 0 aliphatic carbocycles. The molecule has 2 N–H and O–H groups in total. The summed E-state index contributed by atoms with van der Waals surface area (Å²) in [5.41, 5.74) is 4.35. The van der Waals surface area contributed by atoms with Crippen LogP contribution in [0.5, 0.6) is 0 Å². The van der Waals surface area contributed by atoms with Crippen molar-refractivity contribution in [3.05, 3.63) is 70.7 Å². The molecule has 0 aliphatic heterocycles. The lowest BCUT2D eigenvalue weighted by Crippen LogP contribution is -1.97. The fraction of sp³-hybridized carbons (Fsp3) is 0.136. The standard InChI is InChI=1S/C22H18ClNO5/c1-27-12-28-11-16-9-17(23)8-15-10-20(29-21(15)16)19-7-6-18(24-19)13-2-4-14(5-3-13)22(25)26/h2-10,24H,11-12H2,1H3,(H,25,26). The Morgan fingerprint density at radius 1 is 1.10 bits per heavy atom. The van der Waals surface area contributed by atoms with Crippen LogP contribution in [-0.2, 0) is 16.1 Å². The lowest BCUT2D eigenvalue weighted by Gasteiger charge is -2.04. The van der Waals surface area contributed by atoms with E-state index in [0.29, 0.717) is 23.0 Å². The van der Waals surface area contributed by atoms with E-state index in [0.717, 1.165) is 27.9 Å². The van der Waals surface area contributed by atoms with Crippen LogP contribution in [0.4, 0.5) is 0 Å². The molecule has 4 rings (SSSR count). The summed E-state index contributed by atoms with van der Waals surface area (Å²) in [5.74, 6) is -0.279. The molecule has 2 heterocycles. The number of furan rings is 1. The van der Waals surface area contributed by atoms with Gasteiger partial charge in [0, 0.05) is 28.8 Å². The fourth-order valence-electron chi connectivity index (χ4n) is 3.16. The summed E-state index contributed by atoms with van der Waals surface area (Å²) in [7, 11) is 1.57. The summed E-state index contributed by atoms with van der Waals surface area (Å²) < 4.78 is 16.4. The maximum atomic E-state index is 11.0. The van der Waals surface area contributed by atoms with Gasteiger partial charge in [-0.25, -0.2) is 4.79 Å². The SMILES string of the molecule is COCOCc1cc(Cl)cc2cc(-c3ccc(-c4ccc(C(=O)O)cc4)[nH]3)oc12. The number of nitrogens with one attached hydrogen (secondary N) is 1. The van der Waals surface area contributed by atoms with Crippen molar-refractivity contribution in [1.29, 1.82) is 0 Å². The number of rotatable bonds is 7. The van der Waals surface area contributed by atoms with E-state index in [1.165, 1.54) is 0 Å². The number of aromatic amines is 1. The second kappa shape index (κ2) is 8.13. The van der Waals surface area contributed by atoms with Gasteiger partial charge in [0.25, 0.3) is 0 Å². The molecular weight excluding hydrogens is 394 g/mol. The van der Waals surface area contributed by atoms with E-state index in [2.05, 4.69) is 4.98 Å². The average molecular weight is 412 g/mol. The molecule has 0 atom stereocenters. The molecule has 7 heteroatoms. The maximum Gasteiger partial charge on any atom is 0.335 e. The Kier molecular flexibility index (Phi) is 5.40. The van der Waals surface area contributed by atoms with Crippen molar-refractivity contribution < 1.29 is 23.8 Å². The maximum absolute atomic E-state index is 11.0. The molecular formula is C22H18ClNO5. The first-order valence-electron chi connectivity index (χ1n) is 8.87. The molecule has 0 saturated carbocycles. The second-order valence-electron chi connectivity index (χ2n) is 6.52. The Labute approximate surface area is 171 Å². The van der Waals surface area contributed by atoms with Crippen LogP contribution in [0.2, 0.25) is 5.02 Å². The van der Waals surface area contributed by atoms with Crippen molar-refractivity contribution in [2.24, 2.45) is 0 Å². The monoisotopic (exact) mass is 411 g/mol. The van der Waals surface area contributed by atoms with Gasteiger partial charge in [-0.15, -0.1) is 0 Å². The highest BCUT2D eigenvalue weighted by molar-refractivity contribution is 6.31. The van der Waals surface area contributed by atoms with Gasteiger partial charge in [0.2, 0.25) is 0 Å². The van der Waals surface area contributed by atoms with Crippen LogP contribution in [0.1, 0.15) is 15.9 Å². The molecule has 4 aromatic rings. The number of fused-ring (bicyclic) bond motifs is 1. The molecule has 29 heavy (non-hydrogen) atoms. The molecule has 6 nitrogen and oxygen atoms in total. The van der Waals surface area contributed by atoms with E-state index in [1.807, 2.05) is 30.3 Å². The molecule has 0 amide bonds. The first kappa shape index (κ1) is 19.3. The highest BCUT2D eigenvalue weighted by atomic mass is 35.5. The third-order valence-electron chi connectivity index (χ3n) is 4.51. The predicted molar refractivity (Wildman–Crippen MR) is 110 cm³/mol. The van der Waals surface area contributed by atoms with E-state index in [1.54, 1.807) is 31.4 Å². The molecule has 0 bridgehead atoms. The minimum atomic E-state index is -0.949. The second-order valence-corrected chi connectivity index (χ2v) is 6.95. The molecule has 0 aliphatic rings. The van der Waals surface area contributed by atoms with E-state index >= 15 is 0 Å². The van der Waals surface area contributed by atoms with Crippen LogP contribution in [0, 0.1) is 0 Å². The van der Waals surface area contributed by atoms with Crippen molar-refractivity contribution in [2.75, 3.05) is 13.9 Å².